The summed E-state index contributed by atoms with van der Waals surface area (Å²) in [6.45, 7) is 7.00. The van der Waals surface area contributed by atoms with Crippen molar-refractivity contribution in [1.82, 2.24) is 20.1 Å². The van der Waals surface area contributed by atoms with Crippen molar-refractivity contribution in [3.8, 4) is 11.4 Å². The van der Waals surface area contributed by atoms with Crippen molar-refractivity contribution in [3.63, 3.8) is 0 Å². The van der Waals surface area contributed by atoms with Gasteiger partial charge in [0.1, 0.15) is 5.82 Å². The van der Waals surface area contributed by atoms with E-state index < -0.39 is 0 Å². The van der Waals surface area contributed by atoms with Crippen LogP contribution in [0.15, 0.2) is 24.3 Å². The second-order valence-electron chi connectivity index (χ2n) is 5.38. The van der Waals surface area contributed by atoms with Gasteiger partial charge in [-0.3, -0.25) is 4.79 Å². The van der Waals surface area contributed by atoms with Crippen LogP contribution >= 0.6 is 0 Å². The minimum absolute atomic E-state index is 0.0496. The van der Waals surface area contributed by atoms with Crippen molar-refractivity contribution < 1.29 is 9.53 Å². The summed E-state index contributed by atoms with van der Waals surface area (Å²) in [6, 6.07) is 7.41. The Morgan fingerprint density at radius 3 is 2.78 bits per heavy atom. The molecule has 6 nitrogen and oxygen atoms in total. The summed E-state index contributed by atoms with van der Waals surface area (Å²) in [7, 11) is 1.84. The fourth-order valence-electron chi connectivity index (χ4n) is 2.43. The zero-order valence-electron chi connectivity index (χ0n) is 14.2. The number of ether oxygens (including phenoxy) is 1. The number of hydrogen-bond donors (Lipinski definition) is 1. The number of nitrogens with zero attached hydrogens (tertiary/aromatic N) is 3. The SMILES string of the molecule is CCO[C@H](CC)CNC(=O)c1cccc(-c2nc(C)nn2C)c1. The summed E-state index contributed by atoms with van der Waals surface area (Å²) < 4.78 is 7.27. The second-order valence-corrected chi connectivity index (χ2v) is 5.38. The molecule has 0 saturated heterocycles. The Labute approximate surface area is 136 Å². The number of carbonyl (C=O) groups is 1. The third-order valence-corrected chi connectivity index (χ3v) is 3.60. The maximum Gasteiger partial charge on any atom is 0.251 e. The normalized spacial score (nSPS) is 12.2. The highest BCUT2D eigenvalue weighted by molar-refractivity contribution is 5.95. The first-order valence-electron chi connectivity index (χ1n) is 7.93. The zero-order chi connectivity index (χ0) is 16.8. The summed E-state index contributed by atoms with van der Waals surface area (Å²) in [5.74, 6) is 1.35. The highest BCUT2D eigenvalue weighted by Crippen LogP contribution is 2.18. The van der Waals surface area contributed by atoms with Gasteiger partial charge in [0.15, 0.2) is 5.82 Å². The number of amides is 1. The van der Waals surface area contributed by atoms with Gasteiger partial charge < -0.3 is 10.1 Å². The predicted octanol–water partition coefficient (Wildman–Crippen LogP) is 2.34. The van der Waals surface area contributed by atoms with E-state index in [2.05, 4.69) is 15.4 Å². The molecule has 0 aliphatic carbocycles. The van der Waals surface area contributed by atoms with E-state index in [1.54, 1.807) is 10.7 Å². The highest BCUT2D eigenvalue weighted by Gasteiger charge is 2.12. The highest BCUT2D eigenvalue weighted by atomic mass is 16.5. The smallest absolute Gasteiger partial charge is 0.251 e. The first kappa shape index (κ1) is 17.1. The van der Waals surface area contributed by atoms with Gasteiger partial charge in [0.05, 0.1) is 6.10 Å². The quantitative estimate of drug-likeness (QED) is 0.851. The van der Waals surface area contributed by atoms with Gasteiger partial charge in [-0.15, -0.1) is 0 Å². The number of rotatable bonds is 7. The molecule has 1 N–H and O–H groups in total. The van der Waals surface area contributed by atoms with Crippen molar-refractivity contribution in [2.45, 2.75) is 33.3 Å². The monoisotopic (exact) mass is 316 g/mol. The molecule has 6 heteroatoms. The van der Waals surface area contributed by atoms with Gasteiger partial charge in [-0.1, -0.05) is 19.1 Å². The van der Waals surface area contributed by atoms with E-state index in [4.69, 9.17) is 4.74 Å². The molecular weight excluding hydrogens is 292 g/mol. The van der Waals surface area contributed by atoms with Crippen LogP contribution in [0.2, 0.25) is 0 Å². The van der Waals surface area contributed by atoms with Gasteiger partial charge in [-0.05, 0) is 32.4 Å². The van der Waals surface area contributed by atoms with Crippen LogP contribution in [0.1, 0.15) is 36.5 Å². The van der Waals surface area contributed by atoms with E-state index >= 15 is 0 Å². The number of aromatic nitrogens is 3. The van der Waals surface area contributed by atoms with Crippen LogP contribution in [0.5, 0.6) is 0 Å². The predicted molar refractivity (Wildman–Crippen MR) is 89.2 cm³/mol. The lowest BCUT2D eigenvalue weighted by molar-refractivity contribution is 0.0569. The van der Waals surface area contributed by atoms with Crippen LogP contribution in [0.25, 0.3) is 11.4 Å². The topological polar surface area (TPSA) is 69.0 Å². The molecule has 1 aromatic heterocycles. The molecule has 1 amide bonds. The largest absolute Gasteiger partial charge is 0.377 e. The molecule has 1 heterocycles. The minimum atomic E-state index is -0.108. The molecule has 0 aliphatic rings. The van der Waals surface area contributed by atoms with E-state index in [9.17, 15) is 4.79 Å². The summed E-state index contributed by atoms with van der Waals surface area (Å²) in [6.07, 6.45) is 0.917. The number of carbonyl (C=O) groups excluding carboxylic acids is 1. The average Bonchev–Trinajstić information content (AvgIpc) is 2.89. The summed E-state index contributed by atoms with van der Waals surface area (Å²) in [5.41, 5.74) is 1.48. The molecule has 1 atom stereocenters. The summed E-state index contributed by atoms with van der Waals surface area (Å²) >= 11 is 0. The molecule has 0 unspecified atom stereocenters. The van der Waals surface area contributed by atoms with Gasteiger partial charge in [-0.25, -0.2) is 9.67 Å². The van der Waals surface area contributed by atoms with Crippen molar-refractivity contribution in [2.24, 2.45) is 7.05 Å². The molecule has 0 spiro atoms. The van der Waals surface area contributed by atoms with Crippen LogP contribution in [0, 0.1) is 6.92 Å². The van der Waals surface area contributed by atoms with Crippen LogP contribution in [-0.2, 0) is 11.8 Å². The lowest BCUT2D eigenvalue weighted by atomic mass is 10.1. The Morgan fingerprint density at radius 1 is 1.39 bits per heavy atom. The molecule has 1 aromatic carbocycles. The lowest BCUT2D eigenvalue weighted by Crippen LogP contribution is -2.33. The summed E-state index contributed by atoms with van der Waals surface area (Å²) in [5, 5.41) is 7.17. The van der Waals surface area contributed by atoms with E-state index in [0.29, 0.717) is 24.5 Å². The van der Waals surface area contributed by atoms with Crippen LogP contribution in [-0.4, -0.2) is 39.9 Å². The standard InChI is InChI=1S/C17H24N4O2/c1-5-15(23-6-2)11-18-17(22)14-9-7-8-13(10-14)16-19-12(3)20-21(16)4/h7-10,15H,5-6,11H2,1-4H3,(H,18,22)/t15-/m1/s1. The van der Waals surface area contributed by atoms with Crippen molar-refractivity contribution in [2.75, 3.05) is 13.2 Å². The fourth-order valence-corrected chi connectivity index (χ4v) is 2.43. The number of benzene rings is 1. The molecule has 0 aliphatic heterocycles. The maximum atomic E-state index is 12.3. The molecule has 0 bridgehead atoms. The first-order valence-corrected chi connectivity index (χ1v) is 7.93. The second kappa shape index (κ2) is 7.87. The molecule has 0 fully saturated rings. The molecule has 0 saturated carbocycles. The Bertz CT molecular complexity index is 666. The minimum Gasteiger partial charge on any atom is -0.377 e. The Morgan fingerprint density at radius 2 is 2.17 bits per heavy atom. The van der Waals surface area contributed by atoms with Crippen molar-refractivity contribution >= 4 is 5.91 Å². The molecule has 2 rings (SSSR count). The van der Waals surface area contributed by atoms with Crippen molar-refractivity contribution in [1.29, 1.82) is 0 Å². The van der Waals surface area contributed by atoms with Crippen LogP contribution in [0.3, 0.4) is 0 Å². The molecule has 2 aromatic rings. The van der Waals surface area contributed by atoms with Crippen LogP contribution < -0.4 is 5.32 Å². The van der Waals surface area contributed by atoms with E-state index in [-0.39, 0.29) is 12.0 Å². The third-order valence-electron chi connectivity index (χ3n) is 3.60. The number of nitrogens with one attached hydrogen (secondary N) is 1. The Hall–Kier alpha value is -2.21. The first-order chi connectivity index (χ1) is 11.0. The Balaban J connectivity index is 2.10. The van der Waals surface area contributed by atoms with Crippen LogP contribution in [0.4, 0.5) is 0 Å². The lowest BCUT2D eigenvalue weighted by Gasteiger charge is -2.15. The van der Waals surface area contributed by atoms with Gasteiger partial charge in [0, 0.05) is 31.3 Å². The van der Waals surface area contributed by atoms with E-state index in [1.165, 1.54) is 0 Å². The van der Waals surface area contributed by atoms with E-state index in [1.807, 2.05) is 46.0 Å². The molecule has 0 radical (unpaired) electrons. The number of aryl methyl sites for hydroxylation is 2. The van der Waals surface area contributed by atoms with Crippen molar-refractivity contribution in [3.05, 3.63) is 35.7 Å². The molecule has 23 heavy (non-hydrogen) atoms. The fraction of sp³-hybridized carbons (Fsp3) is 0.471. The average molecular weight is 316 g/mol. The van der Waals surface area contributed by atoms with Gasteiger partial charge in [0.25, 0.3) is 5.91 Å². The summed E-state index contributed by atoms with van der Waals surface area (Å²) in [4.78, 5) is 16.7. The van der Waals surface area contributed by atoms with Gasteiger partial charge in [-0.2, -0.15) is 5.10 Å². The Kier molecular flexibility index (Phi) is 5.87. The third kappa shape index (κ3) is 4.39. The maximum absolute atomic E-state index is 12.3. The number of hydrogen-bond acceptors (Lipinski definition) is 4. The van der Waals surface area contributed by atoms with Gasteiger partial charge >= 0.3 is 0 Å². The molecule has 124 valence electrons. The zero-order valence-corrected chi connectivity index (χ0v) is 14.2. The van der Waals surface area contributed by atoms with Gasteiger partial charge in [0.2, 0.25) is 0 Å². The van der Waals surface area contributed by atoms with E-state index in [0.717, 1.165) is 17.8 Å². The molecular formula is C17H24N4O2.